The Morgan fingerprint density at radius 3 is 0.789 bits per heavy atom. The van der Waals surface area contributed by atoms with Crippen molar-refractivity contribution < 1.29 is 172 Å². The van der Waals surface area contributed by atoms with Crippen molar-refractivity contribution >= 4 is 77.4 Å². The third-order valence-electron chi connectivity index (χ3n) is 8.58. The van der Waals surface area contributed by atoms with E-state index < -0.39 is 205 Å². The van der Waals surface area contributed by atoms with Gasteiger partial charge < -0.3 is 81.4 Å². The van der Waals surface area contributed by atoms with Crippen LogP contribution in [0.5, 0.6) is 0 Å². The van der Waals surface area contributed by atoms with Crippen LogP contribution in [0.1, 0.15) is 20.8 Å². The number of rotatable bonds is 37. The van der Waals surface area contributed by atoms with Crippen molar-refractivity contribution in [3.05, 3.63) is 0 Å². The number of nitrogens with zero attached hydrogens (tertiary/aromatic N) is 3. The molecule has 0 aromatic rings. The van der Waals surface area contributed by atoms with Crippen LogP contribution in [0.3, 0.4) is 0 Å². The van der Waals surface area contributed by atoms with E-state index in [9.17, 15) is 77.6 Å². The number of carboxylic acid groups (broad SMARTS) is 9. The maximum Gasteiger partial charge on any atom is 3.00 e. The summed E-state index contributed by atoms with van der Waals surface area (Å²) in [5, 5.41) is 92.6. The van der Waals surface area contributed by atoms with Crippen molar-refractivity contribution in [2.24, 2.45) is 5.41 Å². The molecule has 0 rings (SSSR count). The van der Waals surface area contributed by atoms with Crippen LogP contribution in [0.15, 0.2) is 0 Å². The molecule has 405 valence electrons. The second-order valence-corrected chi connectivity index (χ2v) is 15.5. The molecule has 13 N–H and O–H groups in total. The second kappa shape index (κ2) is 35.5. The van der Waals surface area contributed by atoms with Gasteiger partial charge in [-0.25, -0.2) is 0 Å². The molecule has 0 fully saturated rings. The van der Waals surface area contributed by atoms with Crippen LogP contribution in [0.25, 0.3) is 0 Å². The van der Waals surface area contributed by atoms with Crippen LogP contribution in [0, 0.1) is 5.41 Å². The molecule has 0 saturated heterocycles. The fraction of sp³-hybridized carbons (Fsp3) is 0.639. The molecule has 0 saturated carbocycles. The number of hydrogen-bond acceptors (Lipinski definition) is 19. The largest absolute Gasteiger partial charge is 3.00 e. The smallest absolute Gasteiger partial charge is 0.480 e. The summed E-state index contributed by atoms with van der Waals surface area (Å²) in [6, 6.07) is -5.62. The normalized spacial score (nSPS) is 13.0. The minimum atomic E-state index is -2.03. The average Bonchev–Trinajstić information content (AvgIpc) is 3.15. The first-order valence-electron chi connectivity index (χ1n) is 19.5. The number of carboxylic acids is 9. The molecule has 35 heteroatoms. The van der Waals surface area contributed by atoms with E-state index in [-0.39, 0.29) is 49.5 Å². The van der Waals surface area contributed by atoms with Crippen molar-refractivity contribution in [3.63, 3.8) is 0 Å². The van der Waals surface area contributed by atoms with Crippen LogP contribution in [-0.2, 0) is 126 Å². The molecule has 71 heavy (non-hydrogen) atoms. The van der Waals surface area contributed by atoms with Crippen molar-refractivity contribution in [2.75, 3.05) is 98.5 Å². The number of aliphatic carboxylic acids is 9. The number of ether oxygens (including phenoxy) is 3. The van der Waals surface area contributed by atoms with E-state index in [0.29, 0.717) is 14.7 Å². The van der Waals surface area contributed by atoms with Gasteiger partial charge in [0, 0.05) is 25.0 Å². The predicted octanol–water partition coefficient (Wildman–Crippen LogP) is -6.95. The molecule has 0 aromatic heterocycles. The van der Waals surface area contributed by atoms with Crippen LogP contribution in [0.2, 0.25) is 0 Å². The van der Waals surface area contributed by atoms with Gasteiger partial charge in [-0.1, -0.05) is 20.8 Å². The molecule has 0 aliphatic heterocycles. The Morgan fingerprint density at radius 1 is 0.408 bits per heavy atom. The molecule has 0 aliphatic rings. The van der Waals surface area contributed by atoms with Crippen LogP contribution in [-0.4, -0.2) is 260 Å². The third-order valence-corrected chi connectivity index (χ3v) is 8.58. The first kappa shape index (κ1) is 71.9. The Hall–Kier alpha value is -5.65. The molecule has 0 aliphatic carbocycles. The molecule has 3 unspecified atom stereocenters. The number of carbonyl (C=O) groups excluding carboxylic acids is 4. The zero-order valence-electron chi connectivity index (χ0n) is 37.7. The average molecular weight is 1160 g/mol. The molecule has 0 spiro atoms. The Kier molecular flexibility index (Phi) is 35.9. The molecule has 0 aromatic carbocycles. The first-order valence-corrected chi connectivity index (χ1v) is 19.5. The number of amides is 4. The topological polar surface area (TPSA) is 490 Å². The SMILES string of the molecule is CC(C)(C)C(=O)NC(COCC(=O)NCC(C(=O)O)N(CC(=O)O)CC(=O)O)(COCC(=O)NCC(C(=O)O)N(CC(=O)O)CC(=O)O)COCC(=O)NCC(C(=O)O)N(CC(=O)O)CC(=O)O.[Ni+3].[Ni+3].[Ni+3]. The van der Waals surface area contributed by atoms with E-state index in [0.717, 1.165) is 0 Å². The van der Waals surface area contributed by atoms with Crippen LogP contribution < -0.4 is 21.3 Å². The standard InChI is InChI=1S/C36H55N7O25.3Ni/c1-35(2,3)34(65)40-36(16-66-13-22(44)37-4-19(31(59)60)41(7-25(47)48)8-26(49)50,17-67-14-23(45)38-5-20(32(61)62)42(9-27(51)52)10-28(53)54)18-68-15-24(46)39-6-21(33(63)64)43(11-29(55)56)12-30(57)58;;;/h19-21H,4-18H2,1-3H3,(H,37,44)(H,38,45)(H,39,46)(H,40,65)(H,47,48)(H,49,50)(H,51,52)(H,53,54)(H,55,56)(H,57,58)(H,59,60)(H,61,62)(H,63,64);;;/q;3*+3. The van der Waals surface area contributed by atoms with E-state index in [4.69, 9.17) is 44.8 Å². The van der Waals surface area contributed by atoms with Gasteiger partial charge in [-0.2, -0.15) is 0 Å². The van der Waals surface area contributed by atoms with E-state index in [1.54, 1.807) is 0 Å². The Bertz CT molecular complexity index is 1640. The van der Waals surface area contributed by atoms with Crippen molar-refractivity contribution in [1.29, 1.82) is 0 Å². The minimum Gasteiger partial charge on any atom is -0.480 e. The number of nitrogens with one attached hydrogen (secondary N) is 4. The molecular weight excluding hydrogens is 1110 g/mol. The molecule has 3 radical (unpaired) electrons. The van der Waals surface area contributed by atoms with Crippen molar-refractivity contribution in [1.82, 2.24) is 36.0 Å². The summed E-state index contributed by atoms with van der Waals surface area (Å²) in [5.74, 6) is -18.7. The van der Waals surface area contributed by atoms with Crippen LogP contribution >= 0.6 is 0 Å². The summed E-state index contributed by atoms with van der Waals surface area (Å²) in [6.07, 6.45) is 0. The molecule has 0 heterocycles. The van der Waals surface area contributed by atoms with Gasteiger partial charge in [0.15, 0.2) is 0 Å². The molecule has 4 amide bonds. The van der Waals surface area contributed by atoms with Gasteiger partial charge in [0.1, 0.15) is 43.5 Å². The maximum atomic E-state index is 13.4. The number of hydrogen-bond donors (Lipinski definition) is 13. The molecule has 3 atom stereocenters. The van der Waals surface area contributed by atoms with Crippen LogP contribution in [0.4, 0.5) is 0 Å². The minimum absolute atomic E-state index is 0. The summed E-state index contributed by atoms with van der Waals surface area (Å²) in [4.78, 5) is 157. The van der Waals surface area contributed by atoms with Gasteiger partial charge >= 0.3 is 103 Å². The zero-order valence-corrected chi connectivity index (χ0v) is 40.6. The summed E-state index contributed by atoms with van der Waals surface area (Å²) in [6.45, 7) is -9.92. The Labute approximate surface area is 432 Å². The zero-order chi connectivity index (χ0) is 52.5. The molecule has 0 bridgehead atoms. The van der Waals surface area contributed by atoms with E-state index >= 15 is 0 Å². The van der Waals surface area contributed by atoms with Gasteiger partial charge in [-0.05, 0) is 0 Å². The maximum absolute atomic E-state index is 13.4. The predicted molar refractivity (Wildman–Crippen MR) is 217 cm³/mol. The monoisotopic (exact) mass is 1160 g/mol. The fourth-order valence-corrected chi connectivity index (χ4v) is 5.45. The fourth-order valence-electron chi connectivity index (χ4n) is 5.45. The van der Waals surface area contributed by atoms with E-state index in [1.165, 1.54) is 20.8 Å². The van der Waals surface area contributed by atoms with Gasteiger partial charge in [0.05, 0.1) is 59.1 Å². The summed E-state index contributed by atoms with van der Waals surface area (Å²) in [5.41, 5.74) is -3.25. The second-order valence-electron chi connectivity index (χ2n) is 15.5. The van der Waals surface area contributed by atoms with Gasteiger partial charge in [-0.3, -0.25) is 77.0 Å². The van der Waals surface area contributed by atoms with E-state index in [2.05, 4.69) is 21.3 Å². The quantitative estimate of drug-likeness (QED) is 0.0257. The third kappa shape index (κ3) is 31.3. The van der Waals surface area contributed by atoms with Gasteiger partial charge in [0.2, 0.25) is 23.6 Å². The van der Waals surface area contributed by atoms with Crippen molar-refractivity contribution in [2.45, 2.75) is 44.4 Å². The Morgan fingerprint density at radius 2 is 0.620 bits per heavy atom. The van der Waals surface area contributed by atoms with Crippen molar-refractivity contribution in [3.8, 4) is 0 Å². The van der Waals surface area contributed by atoms with Gasteiger partial charge in [-0.15, -0.1) is 0 Å². The van der Waals surface area contributed by atoms with Gasteiger partial charge in [0.25, 0.3) is 0 Å². The summed E-state index contributed by atoms with van der Waals surface area (Å²) < 4.78 is 16.5. The molecule has 32 nitrogen and oxygen atoms in total. The summed E-state index contributed by atoms with van der Waals surface area (Å²) in [7, 11) is 0. The first-order chi connectivity index (χ1) is 31.4. The number of carbonyl (C=O) groups is 13. The Balaban J connectivity index is -0.00000748. The molecular formula is C36H55N7Ni3O25+9. The van der Waals surface area contributed by atoms with E-state index in [1.807, 2.05) is 0 Å². The summed E-state index contributed by atoms with van der Waals surface area (Å²) >= 11 is 0.